The molecule has 2 rings (SSSR count). The van der Waals surface area contributed by atoms with Gasteiger partial charge in [0, 0.05) is 0 Å². The van der Waals surface area contributed by atoms with Gasteiger partial charge in [0.05, 0.1) is 30.8 Å². The number of aliphatic hydroxyl groups is 6. The summed E-state index contributed by atoms with van der Waals surface area (Å²) in [6, 6.07) is 0. The van der Waals surface area contributed by atoms with Crippen LogP contribution in [0.15, 0.2) is 0 Å². The molecular formula is C12H21ClO8. The Balaban J connectivity index is 2.05. The highest BCUT2D eigenvalue weighted by molar-refractivity contribution is 6.21. The highest BCUT2D eigenvalue weighted by Gasteiger charge is 2.56. The van der Waals surface area contributed by atoms with Crippen LogP contribution in [-0.4, -0.2) is 91.6 Å². The Hall–Kier alpha value is -0.0300. The highest BCUT2D eigenvalue weighted by Crippen LogP contribution is 2.36. The minimum Gasteiger partial charge on any atom is -0.394 e. The summed E-state index contributed by atoms with van der Waals surface area (Å²) in [7, 11) is 0. The molecule has 8 nitrogen and oxygen atoms in total. The molecule has 9 heteroatoms. The Morgan fingerprint density at radius 2 is 1.86 bits per heavy atom. The maximum atomic E-state index is 9.92. The lowest BCUT2D eigenvalue weighted by Crippen LogP contribution is -2.49. The van der Waals surface area contributed by atoms with Crippen molar-refractivity contribution in [1.29, 1.82) is 0 Å². The summed E-state index contributed by atoms with van der Waals surface area (Å²) in [6.07, 6.45) is -5.85. The maximum absolute atomic E-state index is 9.92. The number of hydrogen-bond donors (Lipinski definition) is 6. The molecular weight excluding hydrogens is 308 g/mol. The minimum absolute atomic E-state index is 0.356. The number of ether oxygens (including phenoxy) is 2. The van der Waals surface area contributed by atoms with Crippen LogP contribution < -0.4 is 0 Å². The first-order valence-electron chi connectivity index (χ1n) is 6.79. The molecule has 0 aromatic heterocycles. The molecule has 2 heterocycles. The van der Waals surface area contributed by atoms with Gasteiger partial charge in [0.2, 0.25) is 5.79 Å². The Labute approximate surface area is 126 Å². The van der Waals surface area contributed by atoms with Gasteiger partial charge in [-0.3, -0.25) is 0 Å². The van der Waals surface area contributed by atoms with E-state index in [2.05, 4.69) is 0 Å². The topological polar surface area (TPSA) is 140 Å². The van der Waals surface area contributed by atoms with Crippen molar-refractivity contribution in [1.82, 2.24) is 0 Å². The van der Waals surface area contributed by atoms with Crippen LogP contribution in [0.1, 0.15) is 12.8 Å². The maximum Gasteiger partial charge on any atom is 0.219 e. The van der Waals surface area contributed by atoms with Gasteiger partial charge in [-0.05, 0) is 12.8 Å². The van der Waals surface area contributed by atoms with Crippen molar-refractivity contribution in [2.24, 2.45) is 0 Å². The van der Waals surface area contributed by atoms with E-state index in [4.69, 9.17) is 31.3 Å². The second-order valence-electron chi connectivity index (χ2n) is 5.51. The molecule has 0 aromatic carbocycles. The molecule has 0 amide bonds. The van der Waals surface area contributed by atoms with Crippen LogP contribution in [0.2, 0.25) is 0 Å². The molecule has 0 radical (unpaired) electrons. The van der Waals surface area contributed by atoms with Gasteiger partial charge in [-0.25, -0.2) is 0 Å². The monoisotopic (exact) mass is 328 g/mol. The number of hydrogen-bond acceptors (Lipinski definition) is 8. The van der Waals surface area contributed by atoms with Crippen LogP contribution in [0.4, 0.5) is 0 Å². The summed E-state index contributed by atoms with van der Waals surface area (Å²) in [4.78, 5) is 0. The fourth-order valence-electron chi connectivity index (χ4n) is 2.72. The molecule has 0 aliphatic carbocycles. The van der Waals surface area contributed by atoms with E-state index in [9.17, 15) is 20.4 Å². The van der Waals surface area contributed by atoms with Gasteiger partial charge >= 0.3 is 0 Å². The van der Waals surface area contributed by atoms with E-state index < -0.39 is 54.4 Å². The lowest BCUT2D eigenvalue weighted by atomic mass is 9.95. The van der Waals surface area contributed by atoms with Crippen molar-refractivity contribution in [3.05, 3.63) is 0 Å². The van der Waals surface area contributed by atoms with Gasteiger partial charge in [0.25, 0.3) is 0 Å². The van der Waals surface area contributed by atoms with E-state index in [1.54, 1.807) is 0 Å². The van der Waals surface area contributed by atoms with Crippen LogP contribution in [-0.2, 0) is 9.47 Å². The predicted octanol–water partition coefficient (Wildman–Crippen LogP) is -2.70. The second-order valence-corrected chi connectivity index (χ2v) is 6.01. The summed E-state index contributed by atoms with van der Waals surface area (Å²) in [5.41, 5.74) is 0. The van der Waals surface area contributed by atoms with Crippen molar-refractivity contribution in [2.75, 3.05) is 13.2 Å². The predicted molar refractivity (Wildman–Crippen MR) is 69.6 cm³/mol. The van der Waals surface area contributed by atoms with E-state index >= 15 is 0 Å². The first kappa shape index (κ1) is 17.3. The Kier molecular flexibility index (Phi) is 5.45. The smallest absolute Gasteiger partial charge is 0.219 e. The highest BCUT2D eigenvalue weighted by atomic mass is 35.5. The van der Waals surface area contributed by atoms with Gasteiger partial charge in [0.1, 0.15) is 24.4 Å². The molecule has 0 saturated carbocycles. The standard InChI is InChI=1S/C12H21ClO8/c13-8(6-2-1-5(16)7(3-14)20-6)10-9(17)11(18)12(19,4-15)21-10/h5-11,14-19H,1-4H2/t5-,6+,7-,8?,9-,10-,11+,12-/m1/s1. The van der Waals surface area contributed by atoms with Crippen molar-refractivity contribution in [3.63, 3.8) is 0 Å². The summed E-state index contributed by atoms with van der Waals surface area (Å²) in [5.74, 6) is -2.28. The first-order chi connectivity index (χ1) is 9.84. The zero-order valence-electron chi connectivity index (χ0n) is 11.2. The lowest BCUT2D eigenvalue weighted by Gasteiger charge is -2.37. The van der Waals surface area contributed by atoms with Crippen LogP contribution >= 0.6 is 11.6 Å². The molecule has 124 valence electrons. The molecule has 2 aliphatic rings. The van der Waals surface area contributed by atoms with Gasteiger partial charge in [-0.2, -0.15) is 0 Å². The Morgan fingerprint density at radius 1 is 1.19 bits per heavy atom. The van der Waals surface area contributed by atoms with Gasteiger partial charge < -0.3 is 40.1 Å². The van der Waals surface area contributed by atoms with Gasteiger partial charge in [0.15, 0.2) is 0 Å². The molecule has 0 spiro atoms. The van der Waals surface area contributed by atoms with E-state index in [1.807, 2.05) is 0 Å². The molecule has 21 heavy (non-hydrogen) atoms. The van der Waals surface area contributed by atoms with Crippen molar-refractivity contribution in [3.8, 4) is 0 Å². The third-order valence-electron chi connectivity index (χ3n) is 4.06. The molecule has 2 aliphatic heterocycles. The third kappa shape index (κ3) is 3.19. The Morgan fingerprint density at radius 3 is 2.38 bits per heavy atom. The summed E-state index contributed by atoms with van der Waals surface area (Å²) >= 11 is 6.20. The fourth-order valence-corrected chi connectivity index (χ4v) is 3.11. The largest absolute Gasteiger partial charge is 0.394 e. The van der Waals surface area contributed by atoms with Crippen LogP contribution in [0.3, 0.4) is 0 Å². The number of aliphatic hydroxyl groups excluding tert-OH is 5. The zero-order chi connectivity index (χ0) is 15.8. The Bertz CT molecular complexity index is 358. The first-order valence-corrected chi connectivity index (χ1v) is 7.23. The molecule has 8 atom stereocenters. The normalized spacial score (nSPS) is 49.3. The van der Waals surface area contributed by atoms with Crippen molar-refractivity contribution < 1.29 is 40.1 Å². The summed E-state index contributed by atoms with van der Waals surface area (Å²) < 4.78 is 10.6. The average Bonchev–Trinajstić information content (AvgIpc) is 2.72. The SMILES string of the molecule is OC[C@H]1O[C@H](C(Cl)[C@H]2O[C@](O)(CO)[C@@H](O)[C@@H]2O)CC[C@H]1O. The van der Waals surface area contributed by atoms with E-state index in [0.717, 1.165) is 0 Å². The van der Waals surface area contributed by atoms with E-state index in [-0.39, 0.29) is 6.61 Å². The van der Waals surface area contributed by atoms with Gasteiger partial charge in [-0.15, -0.1) is 11.6 Å². The van der Waals surface area contributed by atoms with Crippen molar-refractivity contribution in [2.45, 2.75) is 60.6 Å². The van der Waals surface area contributed by atoms with Gasteiger partial charge in [-0.1, -0.05) is 0 Å². The minimum atomic E-state index is -2.28. The molecule has 0 aromatic rings. The molecule has 0 bridgehead atoms. The van der Waals surface area contributed by atoms with Crippen LogP contribution in [0.25, 0.3) is 0 Å². The molecule has 2 saturated heterocycles. The number of alkyl halides is 1. The summed E-state index contributed by atoms with van der Waals surface area (Å²) in [6.45, 7) is -1.27. The van der Waals surface area contributed by atoms with Crippen LogP contribution in [0.5, 0.6) is 0 Å². The third-order valence-corrected chi connectivity index (χ3v) is 4.59. The fraction of sp³-hybridized carbons (Fsp3) is 1.00. The molecule has 6 N–H and O–H groups in total. The summed E-state index contributed by atoms with van der Waals surface area (Å²) in [5, 5.41) is 56.3. The average molecular weight is 329 g/mol. The molecule has 2 fully saturated rings. The lowest BCUT2D eigenvalue weighted by molar-refractivity contribution is -0.249. The van der Waals surface area contributed by atoms with E-state index in [0.29, 0.717) is 12.8 Å². The quantitative estimate of drug-likeness (QED) is 0.306. The zero-order valence-corrected chi connectivity index (χ0v) is 12.0. The number of rotatable bonds is 4. The van der Waals surface area contributed by atoms with Crippen molar-refractivity contribution >= 4 is 11.6 Å². The van der Waals surface area contributed by atoms with Crippen LogP contribution in [0, 0.1) is 0 Å². The van der Waals surface area contributed by atoms with E-state index in [1.165, 1.54) is 0 Å². The molecule has 1 unspecified atom stereocenters. The second kappa shape index (κ2) is 6.61. The number of halogens is 1.